The lowest BCUT2D eigenvalue weighted by atomic mass is 10.1. The van der Waals surface area contributed by atoms with Gasteiger partial charge in [0.05, 0.1) is 0 Å². The van der Waals surface area contributed by atoms with Crippen molar-refractivity contribution in [2.45, 2.75) is 13.5 Å². The predicted molar refractivity (Wildman–Crippen MR) is 82.8 cm³/mol. The molecule has 0 atom stereocenters. The van der Waals surface area contributed by atoms with Crippen molar-refractivity contribution in [3.63, 3.8) is 0 Å². The third-order valence-corrected chi connectivity index (χ3v) is 3.59. The largest absolute Gasteiger partial charge is 0.369 e. The van der Waals surface area contributed by atoms with E-state index in [1.165, 1.54) is 5.69 Å². The minimum atomic E-state index is -0.0457. The molecule has 20 heavy (non-hydrogen) atoms. The van der Waals surface area contributed by atoms with Gasteiger partial charge in [0.25, 0.3) is 0 Å². The number of amides is 1. The molecule has 0 aromatic heterocycles. The van der Waals surface area contributed by atoms with E-state index in [0.29, 0.717) is 6.54 Å². The van der Waals surface area contributed by atoms with E-state index >= 15 is 0 Å². The van der Waals surface area contributed by atoms with Crippen LogP contribution in [0.15, 0.2) is 36.4 Å². The summed E-state index contributed by atoms with van der Waals surface area (Å²) in [7, 11) is 2.16. The molecule has 1 aliphatic heterocycles. The minimum Gasteiger partial charge on any atom is -0.369 e. The molecular weight excluding hydrogens is 250 g/mol. The van der Waals surface area contributed by atoms with E-state index in [0.717, 1.165) is 31.7 Å². The van der Waals surface area contributed by atoms with Crippen molar-refractivity contribution in [3.05, 3.63) is 42.0 Å². The SMILES string of the molecule is C/C=C/C(=O)NCc1ccc(N2CCN(C)CC2)cc1. The summed E-state index contributed by atoms with van der Waals surface area (Å²) < 4.78 is 0. The molecule has 1 aromatic rings. The topological polar surface area (TPSA) is 35.6 Å². The van der Waals surface area contributed by atoms with Gasteiger partial charge < -0.3 is 15.1 Å². The van der Waals surface area contributed by atoms with E-state index in [1.807, 2.05) is 6.92 Å². The number of carbonyl (C=O) groups is 1. The summed E-state index contributed by atoms with van der Waals surface area (Å²) >= 11 is 0. The summed E-state index contributed by atoms with van der Waals surface area (Å²) in [4.78, 5) is 16.1. The average Bonchev–Trinajstić information content (AvgIpc) is 2.47. The molecule has 1 heterocycles. The highest BCUT2D eigenvalue weighted by Crippen LogP contribution is 2.16. The van der Waals surface area contributed by atoms with Crippen molar-refractivity contribution < 1.29 is 4.79 Å². The highest BCUT2D eigenvalue weighted by molar-refractivity contribution is 5.87. The van der Waals surface area contributed by atoms with Gasteiger partial charge in [-0.05, 0) is 37.7 Å². The summed E-state index contributed by atoms with van der Waals surface area (Å²) in [5, 5.41) is 2.86. The van der Waals surface area contributed by atoms with Gasteiger partial charge in [0.2, 0.25) is 5.91 Å². The zero-order valence-electron chi connectivity index (χ0n) is 12.3. The Balaban J connectivity index is 1.88. The maximum Gasteiger partial charge on any atom is 0.243 e. The van der Waals surface area contributed by atoms with Crippen molar-refractivity contribution in [1.82, 2.24) is 10.2 Å². The van der Waals surface area contributed by atoms with Crippen LogP contribution in [-0.4, -0.2) is 44.0 Å². The number of carbonyl (C=O) groups excluding carboxylic acids is 1. The Hall–Kier alpha value is -1.81. The normalized spacial score (nSPS) is 16.6. The van der Waals surface area contributed by atoms with Crippen LogP contribution in [0.5, 0.6) is 0 Å². The summed E-state index contributed by atoms with van der Waals surface area (Å²) in [6.07, 6.45) is 3.28. The van der Waals surface area contributed by atoms with E-state index in [4.69, 9.17) is 0 Å². The Morgan fingerprint density at radius 3 is 2.45 bits per heavy atom. The van der Waals surface area contributed by atoms with Crippen molar-refractivity contribution in [3.8, 4) is 0 Å². The van der Waals surface area contributed by atoms with Crippen LogP contribution in [0.1, 0.15) is 12.5 Å². The van der Waals surface area contributed by atoms with Gasteiger partial charge in [-0.3, -0.25) is 4.79 Å². The molecule has 1 amide bonds. The third-order valence-electron chi connectivity index (χ3n) is 3.59. The number of piperazine rings is 1. The molecule has 1 saturated heterocycles. The maximum absolute atomic E-state index is 11.4. The Bertz CT molecular complexity index is 459. The van der Waals surface area contributed by atoms with Gasteiger partial charge >= 0.3 is 0 Å². The Morgan fingerprint density at radius 1 is 1.20 bits per heavy atom. The second kappa shape index (κ2) is 7.10. The van der Waals surface area contributed by atoms with E-state index in [2.05, 4.69) is 46.4 Å². The summed E-state index contributed by atoms with van der Waals surface area (Å²) in [6.45, 7) is 6.79. The quantitative estimate of drug-likeness (QED) is 0.847. The van der Waals surface area contributed by atoms with Gasteiger partial charge in [-0.15, -0.1) is 0 Å². The van der Waals surface area contributed by atoms with Crippen LogP contribution in [0.2, 0.25) is 0 Å². The van der Waals surface area contributed by atoms with Crippen LogP contribution < -0.4 is 10.2 Å². The molecule has 2 rings (SSSR count). The number of hydrogen-bond donors (Lipinski definition) is 1. The molecule has 4 nitrogen and oxygen atoms in total. The molecule has 0 bridgehead atoms. The number of hydrogen-bond acceptors (Lipinski definition) is 3. The number of anilines is 1. The van der Waals surface area contributed by atoms with Crippen LogP contribution in [0, 0.1) is 0 Å². The lowest BCUT2D eigenvalue weighted by molar-refractivity contribution is -0.116. The average molecular weight is 273 g/mol. The molecule has 1 N–H and O–H groups in total. The first-order chi connectivity index (χ1) is 9.69. The second-order valence-electron chi connectivity index (χ2n) is 5.17. The molecule has 0 saturated carbocycles. The first kappa shape index (κ1) is 14.6. The van der Waals surface area contributed by atoms with Crippen LogP contribution >= 0.6 is 0 Å². The lowest BCUT2D eigenvalue weighted by Gasteiger charge is -2.34. The number of nitrogens with one attached hydrogen (secondary N) is 1. The van der Waals surface area contributed by atoms with Crippen LogP contribution in [-0.2, 0) is 11.3 Å². The van der Waals surface area contributed by atoms with Crippen LogP contribution in [0.4, 0.5) is 5.69 Å². The number of likely N-dealkylation sites (N-methyl/N-ethyl adjacent to an activating group) is 1. The van der Waals surface area contributed by atoms with Gasteiger partial charge in [-0.2, -0.15) is 0 Å². The monoisotopic (exact) mass is 273 g/mol. The molecule has 4 heteroatoms. The molecule has 1 aromatic carbocycles. The van der Waals surface area contributed by atoms with E-state index in [1.54, 1.807) is 12.2 Å². The standard InChI is InChI=1S/C16H23N3O/c1-3-4-16(20)17-13-14-5-7-15(8-6-14)19-11-9-18(2)10-12-19/h3-8H,9-13H2,1-2H3,(H,17,20)/b4-3+. The van der Waals surface area contributed by atoms with Gasteiger partial charge in [0, 0.05) is 38.4 Å². The van der Waals surface area contributed by atoms with Crippen LogP contribution in [0.3, 0.4) is 0 Å². The minimum absolute atomic E-state index is 0.0457. The van der Waals surface area contributed by atoms with E-state index < -0.39 is 0 Å². The number of rotatable bonds is 4. The highest BCUT2D eigenvalue weighted by atomic mass is 16.1. The molecular formula is C16H23N3O. The molecule has 1 fully saturated rings. The first-order valence-corrected chi connectivity index (χ1v) is 7.12. The van der Waals surface area contributed by atoms with E-state index in [-0.39, 0.29) is 5.91 Å². The number of allylic oxidation sites excluding steroid dienone is 1. The Kier molecular flexibility index (Phi) is 5.18. The smallest absolute Gasteiger partial charge is 0.243 e. The van der Waals surface area contributed by atoms with Crippen molar-refractivity contribution in [2.75, 3.05) is 38.1 Å². The van der Waals surface area contributed by atoms with Gasteiger partial charge in [0.15, 0.2) is 0 Å². The third kappa shape index (κ3) is 4.10. The van der Waals surface area contributed by atoms with E-state index in [9.17, 15) is 4.79 Å². The number of nitrogens with zero attached hydrogens (tertiary/aromatic N) is 2. The van der Waals surface area contributed by atoms with Crippen molar-refractivity contribution in [2.24, 2.45) is 0 Å². The van der Waals surface area contributed by atoms with Gasteiger partial charge in [-0.1, -0.05) is 18.2 Å². The Morgan fingerprint density at radius 2 is 1.85 bits per heavy atom. The molecule has 108 valence electrons. The zero-order chi connectivity index (χ0) is 14.4. The fraction of sp³-hybridized carbons (Fsp3) is 0.438. The molecule has 0 radical (unpaired) electrons. The van der Waals surface area contributed by atoms with Crippen molar-refractivity contribution >= 4 is 11.6 Å². The molecule has 0 spiro atoms. The first-order valence-electron chi connectivity index (χ1n) is 7.12. The van der Waals surface area contributed by atoms with Crippen LogP contribution in [0.25, 0.3) is 0 Å². The lowest BCUT2D eigenvalue weighted by Crippen LogP contribution is -2.44. The molecule has 0 aliphatic carbocycles. The predicted octanol–water partition coefficient (Wildman–Crippen LogP) is 1.63. The van der Waals surface area contributed by atoms with Gasteiger partial charge in [-0.25, -0.2) is 0 Å². The Labute approximate surface area is 121 Å². The highest BCUT2D eigenvalue weighted by Gasteiger charge is 2.13. The molecule has 1 aliphatic rings. The molecule has 0 unspecified atom stereocenters. The summed E-state index contributed by atoms with van der Waals surface area (Å²) in [5.41, 5.74) is 2.39. The fourth-order valence-electron chi connectivity index (χ4n) is 2.29. The fourth-order valence-corrected chi connectivity index (χ4v) is 2.29. The van der Waals surface area contributed by atoms with Crippen molar-refractivity contribution in [1.29, 1.82) is 0 Å². The van der Waals surface area contributed by atoms with Gasteiger partial charge in [0.1, 0.15) is 0 Å². The number of benzene rings is 1. The summed E-state index contributed by atoms with van der Waals surface area (Å²) in [6, 6.07) is 8.46. The summed E-state index contributed by atoms with van der Waals surface area (Å²) in [5.74, 6) is -0.0457. The zero-order valence-corrected chi connectivity index (χ0v) is 12.3. The second-order valence-corrected chi connectivity index (χ2v) is 5.17. The maximum atomic E-state index is 11.4.